The first-order chi connectivity index (χ1) is 14.3. The highest BCUT2D eigenvalue weighted by molar-refractivity contribution is 7.92. The van der Waals surface area contributed by atoms with Gasteiger partial charge in [0.1, 0.15) is 0 Å². The van der Waals surface area contributed by atoms with Gasteiger partial charge in [-0.05, 0) is 44.2 Å². The van der Waals surface area contributed by atoms with Gasteiger partial charge in [0.05, 0.1) is 34.1 Å². The highest BCUT2D eigenvalue weighted by Gasteiger charge is 2.27. The molecule has 0 heterocycles. The summed E-state index contributed by atoms with van der Waals surface area (Å²) in [6.45, 7) is 7.88. The van der Waals surface area contributed by atoms with E-state index in [9.17, 15) is 13.2 Å². The summed E-state index contributed by atoms with van der Waals surface area (Å²) >= 11 is 6.22. The van der Waals surface area contributed by atoms with E-state index in [0.717, 1.165) is 4.31 Å². The minimum atomic E-state index is -4.00. The van der Waals surface area contributed by atoms with Crippen LogP contribution >= 0.6 is 11.6 Å². The summed E-state index contributed by atoms with van der Waals surface area (Å²) in [5, 5.41) is 9.32. The Hall–Kier alpha value is -2.82. The highest BCUT2D eigenvalue weighted by atomic mass is 35.5. The lowest BCUT2D eigenvalue weighted by molar-refractivity contribution is 0.0752. The molecule has 0 saturated heterocycles. The maximum Gasteiger partial charge on any atom is 0.264 e. The van der Waals surface area contributed by atoms with Gasteiger partial charge in [0.25, 0.3) is 15.9 Å². The largest absolute Gasteiger partial charge is 0.338 e. The van der Waals surface area contributed by atoms with E-state index in [1.54, 1.807) is 37.3 Å². The number of amides is 1. The Labute approximate surface area is 183 Å². The van der Waals surface area contributed by atoms with Crippen molar-refractivity contribution in [3.8, 4) is 6.07 Å². The summed E-state index contributed by atoms with van der Waals surface area (Å²) in [7, 11) is -4.00. The standard InChI is InChI=1S/C22H24ClN3O3S/c1-4-13-26(21-12-7-6-11-20(21)23)30(28,29)19-10-8-9-18(14-19)22(27)25(5-2)16-17(3)15-24/h4,6-12,14,17H,1,5,13,16H2,2-3H3. The number of hydrogen-bond donors (Lipinski definition) is 0. The number of rotatable bonds is 9. The summed E-state index contributed by atoms with van der Waals surface area (Å²) in [6, 6.07) is 14.6. The van der Waals surface area contributed by atoms with Gasteiger partial charge in [-0.1, -0.05) is 35.9 Å². The topological polar surface area (TPSA) is 81.5 Å². The van der Waals surface area contributed by atoms with Gasteiger partial charge < -0.3 is 4.90 Å². The summed E-state index contributed by atoms with van der Waals surface area (Å²) in [6.07, 6.45) is 1.47. The number of nitriles is 1. The Kier molecular flexibility index (Phi) is 8.04. The van der Waals surface area contributed by atoms with Gasteiger partial charge in [-0.25, -0.2) is 8.42 Å². The van der Waals surface area contributed by atoms with Crippen LogP contribution in [0.25, 0.3) is 0 Å². The monoisotopic (exact) mass is 445 g/mol. The zero-order chi connectivity index (χ0) is 22.3. The molecule has 0 spiro atoms. The molecule has 1 atom stereocenters. The van der Waals surface area contributed by atoms with E-state index in [-0.39, 0.29) is 40.4 Å². The summed E-state index contributed by atoms with van der Waals surface area (Å²) < 4.78 is 27.9. The van der Waals surface area contributed by atoms with E-state index in [1.165, 1.54) is 29.2 Å². The maximum absolute atomic E-state index is 13.4. The van der Waals surface area contributed by atoms with Gasteiger partial charge in [0.2, 0.25) is 0 Å². The quantitative estimate of drug-likeness (QED) is 0.537. The fraction of sp³-hybridized carbons (Fsp3) is 0.273. The molecule has 2 aromatic carbocycles. The average Bonchev–Trinajstić information content (AvgIpc) is 2.75. The van der Waals surface area contributed by atoms with Gasteiger partial charge in [0, 0.05) is 18.7 Å². The zero-order valence-corrected chi connectivity index (χ0v) is 18.5. The molecular formula is C22H24ClN3O3S. The van der Waals surface area contributed by atoms with Crippen molar-refractivity contribution in [3.63, 3.8) is 0 Å². The molecule has 0 aromatic heterocycles. The molecular weight excluding hydrogens is 422 g/mol. The molecule has 0 radical (unpaired) electrons. The van der Waals surface area contributed by atoms with Crippen molar-refractivity contribution < 1.29 is 13.2 Å². The van der Waals surface area contributed by atoms with Crippen molar-refractivity contribution in [1.82, 2.24) is 4.90 Å². The third-order valence-electron chi connectivity index (χ3n) is 4.47. The summed E-state index contributed by atoms with van der Waals surface area (Å²) in [5.74, 6) is -0.659. The fourth-order valence-electron chi connectivity index (χ4n) is 2.92. The molecule has 6 nitrogen and oxygen atoms in total. The van der Waals surface area contributed by atoms with E-state index in [4.69, 9.17) is 16.9 Å². The van der Waals surface area contributed by atoms with Gasteiger partial charge in [-0.2, -0.15) is 5.26 Å². The Morgan fingerprint density at radius 1 is 1.27 bits per heavy atom. The van der Waals surface area contributed by atoms with E-state index >= 15 is 0 Å². The lowest BCUT2D eigenvalue weighted by Gasteiger charge is -2.25. The van der Waals surface area contributed by atoms with Crippen LogP contribution in [-0.4, -0.2) is 38.9 Å². The first kappa shape index (κ1) is 23.5. The van der Waals surface area contributed by atoms with Gasteiger partial charge >= 0.3 is 0 Å². The first-order valence-electron chi connectivity index (χ1n) is 9.43. The molecule has 30 heavy (non-hydrogen) atoms. The molecule has 2 aromatic rings. The van der Waals surface area contributed by atoms with Crippen LogP contribution in [0.5, 0.6) is 0 Å². The van der Waals surface area contributed by atoms with Crippen molar-refractivity contribution in [2.45, 2.75) is 18.7 Å². The average molecular weight is 446 g/mol. The highest BCUT2D eigenvalue weighted by Crippen LogP contribution is 2.30. The molecule has 1 amide bonds. The van der Waals surface area contributed by atoms with Crippen LogP contribution in [0.15, 0.2) is 66.1 Å². The number of hydrogen-bond acceptors (Lipinski definition) is 4. The number of carbonyl (C=O) groups is 1. The minimum Gasteiger partial charge on any atom is -0.338 e. The maximum atomic E-state index is 13.4. The Balaban J connectivity index is 2.46. The van der Waals surface area contributed by atoms with E-state index in [2.05, 4.69) is 12.6 Å². The van der Waals surface area contributed by atoms with E-state index < -0.39 is 10.0 Å². The molecule has 0 fully saturated rings. The molecule has 0 bridgehead atoms. The number of anilines is 1. The zero-order valence-electron chi connectivity index (χ0n) is 17.0. The molecule has 158 valence electrons. The van der Waals surface area contributed by atoms with Crippen LogP contribution in [0.1, 0.15) is 24.2 Å². The lowest BCUT2D eigenvalue weighted by Crippen LogP contribution is -2.35. The van der Waals surface area contributed by atoms with E-state index in [1.807, 2.05) is 6.92 Å². The third-order valence-corrected chi connectivity index (χ3v) is 6.56. The molecule has 2 rings (SSSR count). The second-order valence-electron chi connectivity index (χ2n) is 6.68. The predicted molar refractivity (Wildman–Crippen MR) is 119 cm³/mol. The van der Waals surface area contributed by atoms with Gasteiger partial charge in [-0.3, -0.25) is 9.10 Å². The summed E-state index contributed by atoms with van der Waals surface area (Å²) in [5.41, 5.74) is 0.564. The first-order valence-corrected chi connectivity index (χ1v) is 11.2. The number of para-hydroxylation sites is 1. The number of benzene rings is 2. The van der Waals surface area contributed by atoms with Crippen molar-refractivity contribution >= 4 is 33.2 Å². The SMILES string of the molecule is C=CCN(c1ccccc1Cl)S(=O)(=O)c1cccc(C(=O)N(CC)CC(C)C#N)c1. The molecule has 0 aliphatic carbocycles. The molecule has 8 heteroatoms. The Morgan fingerprint density at radius 2 is 1.97 bits per heavy atom. The second-order valence-corrected chi connectivity index (χ2v) is 8.95. The van der Waals surface area contributed by atoms with Crippen molar-refractivity contribution in [1.29, 1.82) is 5.26 Å². The smallest absolute Gasteiger partial charge is 0.264 e. The molecule has 0 aliphatic heterocycles. The van der Waals surface area contributed by atoms with Gasteiger partial charge in [-0.15, -0.1) is 6.58 Å². The molecule has 0 aliphatic rings. The van der Waals surface area contributed by atoms with Crippen LogP contribution in [0.2, 0.25) is 5.02 Å². The molecule has 1 unspecified atom stereocenters. The normalized spacial score (nSPS) is 11.9. The van der Waals surface area contributed by atoms with Gasteiger partial charge in [0.15, 0.2) is 0 Å². The van der Waals surface area contributed by atoms with Crippen LogP contribution in [0, 0.1) is 17.2 Å². The number of nitrogens with zero attached hydrogens (tertiary/aromatic N) is 3. The predicted octanol–water partition coefficient (Wildman–Crippen LogP) is 4.34. The fourth-order valence-corrected chi connectivity index (χ4v) is 4.71. The van der Waals surface area contributed by atoms with Crippen LogP contribution < -0.4 is 4.31 Å². The third kappa shape index (κ3) is 5.21. The van der Waals surface area contributed by atoms with Crippen LogP contribution in [-0.2, 0) is 10.0 Å². The number of carbonyl (C=O) groups excluding carboxylic acids is 1. The Bertz CT molecular complexity index is 1060. The number of sulfonamides is 1. The van der Waals surface area contributed by atoms with Crippen molar-refractivity contribution in [2.24, 2.45) is 5.92 Å². The van der Waals surface area contributed by atoms with Crippen LogP contribution in [0.4, 0.5) is 5.69 Å². The van der Waals surface area contributed by atoms with Crippen molar-refractivity contribution in [3.05, 3.63) is 71.8 Å². The lowest BCUT2D eigenvalue weighted by atomic mass is 10.1. The van der Waals surface area contributed by atoms with E-state index in [0.29, 0.717) is 12.2 Å². The summed E-state index contributed by atoms with van der Waals surface area (Å²) in [4.78, 5) is 14.4. The molecule has 0 saturated carbocycles. The van der Waals surface area contributed by atoms with Crippen LogP contribution in [0.3, 0.4) is 0 Å². The minimum absolute atomic E-state index is 0.0189. The van der Waals surface area contributed by atoms with Crippen molar-refractivity contribution in [2.75, 3.05) is 23.9 Å². The number of halogens is 1. The molecule has 0 N–H and O–H groups in total. The second kappa shape index (κ2) is 10.3. The Morgan fingerprint density at radius 3 is 2.57 bits per heavy atom.